The first-order valence-corrected chi connectivity index (χ1v) is 9.60. The number of halogens is 2. The van der Waals surface area contributed by atoms with Gasteiger partial charge in [-0.05, 0) is 43.5 Å². The molecule has 0 aliphatic carbocycles. The first kappa shape index (κ1) is 24.0. The fourth-order valence-electron chi connectivity index (χ4n) is 2.64. The third kappa shape index (κ3) is 5.74. The number of nitrogens with zero attached hydrogens (tertiary/aromatic N) is 2. The van der Waals surface area contributed by atoms with Crippen LogP contribution >= 0.6 is 24.8 Å². The van der Waals surface area contributed by atoms with Crippen molar-refractivity contribution in [2.45, 2.75) is 37.5 Å². The molecule has 0 spiro atoms. The molecule has 9 heteroatoms. The van der Waals surface area contributed by atoms with E-state index in [1.165, 1.54) is 4.31 Å². The number of benzene rings is 1. The summed E-state index contributed by atoms with van der Waals surface area (Å²) >= 11 is 0. The van der Waals surface area contributed by atoms with E-state index in [9.17, 15) is 8.42 Å². The topological polar surface area (TPSA) is 90.5 Å². The summed E-state index contributed by atoms with van der Waals surface area (Å²) in [5, 5.41) is 8.14. The SMILES string of the molecule is CCCCN1CCN(S(=O)(=O)c2ccc(CCCN)cc2)C1=N.Cl.Cl. The minimum absolute atomic E-state index is 0. The van der Waals surface area contributed by atoms with Crippen molar-refractivity contribution in [3.63, 3.8) is 0 Å². The van der Waals surface area contributed by atoms with Gasteiger partial charge in [-0.3, -0.25) is 5.41 Å². The molecule has 1 heterocycles. The van der Waals surface area contributed by atoms with E-state index < -0.39 is 10.0 Å². The zero-order chi connectivity index (χ0) is 16.9. The molecule has 1 aliphatic heterocycles. The normalized spacial score (nSPS) is 14.2. The fraction of sp³-hybridized carbons (Fsp3) is 0.562. The average molecular weight is 411 g/mol. The molecule has 1 fully saturated rings. The van der Waals surface area contributed by atoms with Crippen molar-refractivity contribution >= 4 is 40.8 Å². The molecule has 0 radical (unpaired) electrons. The van der Waals surface area contributed by atoms with Gasteiger partial charge in [0.2, 0.25) is 5.96 Å². The van der Waals surface area contributed by atoms with Crippen molar-refractivity contribution < 1.29 is 8.42 Å². The van der Waals surface area contributed by atoms with E-state index in [2.05, 4.69) is 6.92 Å². The molecule has 1 saturated heterocycles. The van der Waals surface area contributed by atoms with E-state index in [-0.39, 0.29) is 35.7 Å². The molecule has 1 aromatic rings. The first-order chi connectivity index (χ1) is 11.0. The van der Waals surface area contributed by atoms with E-state index in [1.54, 1.807) is 12.1 Å². The van der Waals surface area contributed by atoms with E-state index in [0.717, 1.165) is 37.8 Å². The predicted molar refractivity (Wildman–Crippen MR) is 106 cm³/mol. The standard InChI is InChI=1S/C16H26N4O2S.2ClH/c1-2-3-11-19-12-13-20(16(19)18)23(21,22)15-8-6-14(7-9-15)5-4-10-17;;/h6-9,18H,2-5,10-13,17H2,1H3;2*1H. The lowest BCUT2D eigenvalue weighted by molar-refractivity contribution is 0.445. The summed E-state index contributed by atoms with van der Waals surface area (Å²) in [6.07, 6.45) is 3.73. The van der Waals surface area contributed by atoms with Crippen LogP contribution in [0.3, 0.4) is 0 Å². The molecule has 6 nitrogen and oxygen atoms in total. The average Bonchev–Trinajstić information content (AvgIpc) is 2.93. The molecule has 3 N–H and O–H groups in total. The zero-order valence-electron chi connectivity index (χ0n) is 14.5. The van der Waals surface area contributed by atoms with Gasteiger partial charge in [-0.15, -0.1) is 24.8 Å². The lowest BCUT2D eigenvalue weighted by Gasteiger charge is -2.21. The van der Waals surface area contributed by atoms with Crippen LogP contribution in [0.15, 0.2) is 29.2 Å². The predicted octanol–water partition coefficient (Wildman–Crippen LogP) is 2.46. The van der Waals surface area contributed by atoms with E-state index in [1.807, 2.05) is 17.0 Å². The Labute approximate surface area is 163 Å². The zero-order valence-corrected chi connectivity index (χ0v) is 16.9. The maximum Gasteiger partial charge on any atom is 0.266 e. The molecule has 25 heavy (non-hydrogen) atoms. The van der Waals surface area contributed by atoms with E-state index >= 15 is 0 Å². The van der Waals surface area contributed by atoms with Crippen LogP contribution in [-0.4, -0.2) is 49.8 Å². The van der Waals surface area contributed by atoms with Crippen molar-refractivity contribution in [2.24, 2.45) is 5.73 Å². The van der Waals surface area contributed by atoms with Gasteiger partial charge in [0.25, 0.3) is 10.0 Å². The highest BCUT2D eigenvalue weighted by molar-refractivity contribution is 7.89. The summed E-state index contributed by atoms with van der Waals surface area (Å²) in [6.45, 7) is 4.38. The van der Waals surface area contributed by atoms with Gasteiger partial charge in [0.05, 0.1) is 11.4 Å². The highest BCUT2D eigenvalue weighted by Crippen LogP contribution is 2.21. The number of hydrogen-bond acceptors (Lipinski definition) is 4. The molecule has 0 amide bonds. The second-order valence-corrected chi connectivity index (χ2v) is 7.64. The van der Waals surface area contributed by atoms with Crippen molar-refractivity contribution in [1.82, 2.24) is 9.21 Å². The number of aryl methyl sites for hydroxylation is 1. The Bertz CT molecular complexity index is 638. The molecule has 1 aromatic carbocycles. The lowest BCUT2D eigenvalue weighted by Crippen LogP contribution is -2.37. The molecular weight excluding hydrogens is 383 g/mol. The highest BCUT2D eigenvalue weighted by atomic mass is 35.5. The van der Waals surface area contributed by atoms with Crippen LogP contribution in [0.2, 0.25) is 0 Å². The van der Waals surface area contributed by atoms with Crippen molar-refractivity contribution in [2.75, 3.05) is 26.2 Å². The van der Waals surface area contributed by atoms with Crippen LogP contribution in [0.5, 0.6) is 0 Å². The maximum absolute atomic E-state index is 12.7. The van der Waals surface area contributed by atoms with E-state index in [4.69, 9.17) is 11.1 Å². The molecule has 0 atom stereocenters. The minimum atomic E-state index is -3.64. The minimum Gasteiger partial charge on any atom is -0.340 e. The fourth-order valence-corrected chi connectivity index (χ4v) is 4.04. The number of hydrogen-bond donors (Lipinski definition) is 2. The Kier molecular flexibility index (Phi) is 10.4. The van der Waals surface area contributed by atoms with Crippen LogP contribution in [0.1, 0.15) is 31.7 Å². The van der Waals surface area contributed by atoms with Crippen LogP contribution in [0.4, 0.5) is 0 Å². The Balaban J connectivity index is 0.00000288. The van der Waals surface area contributed by atoms with Gasteiger partial charge in [0.1, 0.15) is 0 Å². The number of guanidine groups is 1. The van der Waals surface area contributed by atoms with Gasteiger partial charge >= 0.3 is 0 Å². The van der Waals surface area contributed by atoms with E-state index in [0.29, 0.717) is 19.6 Å². The number of nitrogens with one attached hydrogen (secondary N) is 1. The molecule has 1 aliphatic rings. The van der Waals surface area contributed by atoms with Gasteiger partial charge in [0, 0.05) is 13.1 Å². The van der Waals surface area contributed by atoms with Crippen LogP contribution in [0, 0.1) is 5.41 Å². The quantitative estimate of drug-likeness (QED) is 0.688. The van der Waals surface area contributed by atoms with Gasteiger partial charge in [-0.25, -0.2) is 12.7 Å². The Hall–Kier alpha value is -1.02. The first-order valence-electron chi connectivity index (χ1n) is 8.16. The summed E-state index contributed by atoms with van der Waals surface area (Å²) in [5.74, 6) is 0.0886. The Morgan fingerprint density at radius 2 is 1.76 bits per heavy atom. The molecule has 0 aromatic heterocycles. The molecule has 0 unspecified atom stereocenters. The van der Waals surface area contributed by atoms with Crippen LogP contribution in [-0.2, 0) is 16.4 Å². The molecule has 0 saturated carbocycles. The Morgan fingerprint density at radius 1 is 1.12 bits per heavy atom. The van der Waals surface area contributed by atoms with Crippen LogP contribution in [0.25, 0.3) is 0 Å². The lowest BCUT2D eigenvalue weighted by atomic mass is 10.1. The molecule has 144 valence electrons. The second-order valence-electron chi connectivity index (χ2n) is 5.78. The number of sulfonamides is 1. The van der Waals surface area contributed by atoms with Crippen molar-refractivity contribution in [3.8, 4) is 0 Å². The summed E-state index contributed by atoms with van der Waals surface area (Å²) < 4.78 is 26.7. The number of unbranched alkanes of at least 4 members (excludes halogenated alkanes) is 1. The van der Waals surface area contributed by atoms with Gasteiger partial charge < -0.3 is 10.6 Å². The van der Waals surface area contributed by atoms with Gasteiger partial charge in [0.15, 0.2) is 0 Å². The maximum atomic E-state index is 12.7. The third-order valence-corrected chi connectivity index (χ3v) is 5.87. The van der Waals surface area contributed by atoms with Gasteiger partial charge in [-0.2, -0.15) is 0 Å². The monoisotopic (exact) mass is 410 g/mol. The van der Waals surface area contributed by atoms with Crippen molar-refractivity contribution in [3.05, 3.63) is 29.8 Å². The molecule has 0 bridgehead atoms. The summed E-state index contributed by atoms with van der Waals surface area (Å²) in [7, 11) is -3.64. The number of rotatable bonds is 8. The Morgan fingerprint density at radius 3 is 2.32 bits per heavy atom. The smallest absolute Gasteiger partial charge is 0.266 e. The largest absolute Gasteiger partial charge is 0.340 e. The molecular formula is C16H28Cl2N4O2S. The highest BCUT2D eigenvalue weighted by Gasteiger charge is 2.34. The van der Waals surface area contributed by atoms with Gasteiger partial charge in [-0.1, -0.05) is 25.5 Å². The molecule has 2 rings (SSSR count). The summed E-state index contributed by atoms with van der Waals surface area (Å²) in [6, 6.07) is 6.92. The van der Waals surface area contributed by atoms with Crippen LogP contribution < -0.4 is 5.73 Å². The van der Waals surface area contributed by atoms with Crippen molar-refractivity contribution in [1.29, 1.82) is 5.41 Å². The summed E-state index contributed by atoms with van der Waals surface area (Å²) in [4.78, 5) is 2.08. The second kappa shape index (κ2) is 10.9. The third-order valence-electron chi connectivity index (χ3n) is 4.07. The number of nitrogens with two attached hydrogens (primary N) is 1. The summed E-state index contributed by atoms with van der Waals surface area (Å²) in [5.41, 5.74) is 6.57.